The second-order valence-electron chi connectivity index (χ2n) is 7.08. The zero-order valence-electron chi connectivity index (χ0n) is 17.3. The summed E-state index contributed by atoms with van der Waals surface area (Å²) in [6.07, 6.45) is 1.75. The van der Waals surface area contributed by atoms with Crippen molar-refractivity contribution in [2.24, 2.45) is 4.99 Å². The Kier molecular flexibility index (Phi) is 7.30. The highest BCUT2D eigenvalue weighted by Crippen LogP contribution is 2.26. The minimum Gasteiger partial charge on any atom is -0.497 e. The summed E-state index contributed by atoms with van der Waals surface area (Å²) in [4.78, 5) is 31.3. The summed E-state index contributed by atoms with van der Waals surface area (Å²) in [6.45, 7) is 4.23. The Morgan fingerprint density at radius 1 is 1.17 bits per heavy atom. The minimum atomic E-state index is -0.179. The molecule has 0 aliphatic carbocycles. The molecule has 156 valence electrons. The molecule has 0 atom stereocenters. The van der Waals surface area contributed by atoms with Crippen LogP contribution in [0.5, 0.6) is 5.75 Å². The average molecular weight is 424 g/mol. The van der Waals surface area contributed by atoms with E-state index >= 15 is 0 Å². The number of nitrogens with one attached hydrogen (secondary N) is 1. The molecule has 2 aromatic carbocycles. The highest BCUT2D eigenvalue weighted by Gasteiger charge is 2.31. The van der Waals surface area contributed by atoms with E-state index in [1.54, 1.807) is 18.1 Å². The van der Waals surface area contributed by atoms with Crippen LogP contribution in [-0.4, -0.2) is 40.8 Å². The molecule has 1 heterocycles. The number of thioether (sulfide) groups is 1. The number of carbonyl (C=O) groups excluding carboxylic acids is 2. The quantitative estimate of drug-likeness (QED) is 0.690. The van der Waals surface area contributed by atoms with Crippen molar-refractivity contribution in [2.45, 2.75) is 26.4 Å². The predicted molar refractivity (Wildman–Crippen MR) is 121 cm³/mol. The van der Waals surface area contributed by atoms with Crippen LogP contribution in [0.4, 0.5) is 0 Å². The highest BCUT2D eigenvalue weighted by atomic mass is 32.2. The van der Waals surface area contributed by atoms with Crippen LogP contribution < -0.4 is 10.1 Å². The van der Waals surface area contributed by atoms with E-state index in [9.17, 15) is 9.59 Å². The number of ether oxygens (including phenoxy) is 1. The van der Waals surface area contributed by atoms with Gasteiger partial charge in [0.05, 0.1) is 19.4 Å². The van der Waals surface area contributed by atoms with Crippen molar-refractivity contribution < 1.29 is 14.3 Å². The Labute approximate surface area is 181 Å². The van der Waals surface area contributed by atoms with Gasteiger partial charge in [0.25, 0.3) is 5.91 Å². The molecule has 0 aromatic heterocycles. The summed E-state index contributed by atoms with van der Waals surface area (Å²) < 4.78 is 5.18. The lowest BCUT2D eigenvalue weighted by Crippen LogP contribution is -2.34. The van der Waals surface area contributed by atoms with E-state index in [-0.39, 0.29) is 23.6 Å². The van der Waals surface area contributed by atoms with Gasteiger partial charge in [-0.25, -0.2) is 4.99 Å². The van der Waals surface area contributed by atoms with Gasteiger partial charge in [0.15, 0.2) is 5.17 Å². The van der Waals surface area contributed by atoms with Gasteiger partial charge in [-0.3, -0.25) is 14.5 Å². The van der Waals surface area contributed by atoms with Crippen LogP contribution in [0.2, 0.25) is 0 Å². The molecule has 0 unspecified atom stereocenters. The fraction of sp³-hybridized carbons (Fsp3) is 0.261. The maximum atomic E-state index is 13.1. The Bertz CT molecular complexity index is 953. The normalized spacial score (nSPS) is 14.9. The Morgan fingerprint density at radius 2 is 1.87 bits per heavy atom. The van der Waals surface area contributed by atoms with Crippen molar-refractivity contribution in [1.82, 2.24) is 10.2 Å². The number of amidine groups is 1. The fourth-order valence-electron chi connectivity index (χ4n) is 2.90. The van der Waals surface area contributed by atoms with Crippen LogP contribution in [0.15, 0.2) is 65.3 Å². The van der Waals surface area contributed by atoms with Gasteiger partial charge in [0, 0.05) is 6.04 Å². The standard InChI is InChI=1S/C23H25N3O3S/c1-16(2)24-21(27)15-30-23-25-20(13-17-9-11-19(29-3)12-10-17)22(28)26(23)14-18-7-5-4-6-8-18/h4-13,16H,14-15H2,1-3H3,(H,24,27)/b20-13-. The summed E-state index contributed by atoms with van der Waals surface area (Å²) in [7, 11) is 1.61. The molecule has 1 aliphatic heterocycles. The summed E-state index contributed by atoms with van der Waals surface area (Å²) in [6, 6.07) is 17.2. The monoisotopic (exact) mass is 423 g/mol. The van der Waals surface area contributed by atoms with E-state index in [0.29, 0.717) is 17.4 Å². The summed E-state index contributed by atoms with van der Waals surface area (Å²) >= 11 is 1.27. The van der Waals surface area contributed by atoms with Crippen LogP contribution in [-0.2, 0) is 16.1 Å². The number of benzene rings is 2. The number of hydrogen-bond donors (Lipinski definition) is 1. The first-order valence-electron chi connectivity index (χ1n) is 9.68. The van der Waals surface area contributed by atoms with E-state index in [2.05, 4.69) is 10.3 Å². The minimum absolute atomic E-state index is 0.0659. The first-order chi connectivity index (χ1) is 14.5. The third kappa shape index (κ3) is 5.73. The molecule has 6 nitrogen and oxygen atoms in total. The molecule has 0 radical (unpaired) electrons. The average Bonchev–Trinajstić information content (AvgIpc) is 3.02. The molecule has 2 aromatic rings. The molecule has 3 rings (SSSR count). The summed E-state index contributed by atoms with van der Waals surface area (Å²) in [5, 5.41) is 3.39. The molecule has 0 saturated heterocycles. The maximum absolute atomic E-state index is 13.1. The van der Waals surface area contributed by atoms with Gasteiger partial charge in [-0.2, -0.15) is 0 Å². The fourth-order valence-corrected chi connectivity index (χ4v) is 3.71. The number of aliphatic imine (C=N–C) groups is 1. The Balaban J connectivity index is 1.82. The van der Waals surface area contributed by atoms with E-state index in [1.807, 2.05) is 68.4 Å². The predicted octanol–water partition coefficient (Wildman–Crippen LogP) is 3.69. The van der Waals surface area contributed by atoms with Gasteiger partial charge in [-0.1, -0.05) is 54.2 Å². The van der Waals surface area contributed by atoms with Crippen molar-refractivity contribution in [3.8, 4) is 5.75 Å². The molecule has 0 bridgehead atoms. The lowest BCUT2D eigenvalue weighted by atomic mass is 10.1. The highest BCUT2D eigenvalue weighted by molar-refractivity contribution is 8.14. The van der Waals surface area contributed by atoms with Gasteiger partial charge >= 0.3 is 0 Å². The molecule has 0 fully saturated rings. The third-order valence-electron chi connectivity index (χ3n) is 4.30. The zero-order chi connectivity index (χ0) is 21.5. The first kappa shape index (κ1) is 21.6. The molecule has 0 saturated carbocycles. The van der Waals surface area contributed by atoms with Gasteiger partial charge in [0.2, 0.25) is 5.91 Å². The number of hydrogen-bond acceptors (Lipinski definition) is 5. The SMILES string of the molecule is COc1ccc(/C=C2\N=C(SCC(=O)NC(C)C)N(Cc3ccccc3)C2=O)cc1. The summed E-state index contributed by atoms with van der Waals surface area (Å²) in [5.74, 6) is 0.682. The van der Waals surface area contributed by atoms with Gasteiger partial charge < -0.3 is 10.1 Å². The molecular weight excluding hydrogens is 398 g/mol. The number of rotatable bonds is 7. The van der Waals surface area contributed by atoms with Crippen LogP contribution >= 0.6 is 11.8 Å². The zero-order valence-corrected chi connectivity index (χ0v) is 18.1. The largest absolute Gasteiger partial charge is 0.497 e. The van der Waals surface area contributed by atoms with Crippen molar-refractivity contribution >= 4 is 34.8 Å². The lowest BCUT2D eigenvalue weighted by molar-refractivity contribution is -0.123. The molecule has 1 N–H and O–H groups in total. The molecular formula is C23H25N3O3S. The van der Waals surface area contributed by atoms with Crippen LogP contribution in [0.1, 0.15) is 25.0 Å². The summed E-state index contributed by atoms with van der Waals surface area (Å²) in [5.41, 5.74) is 2.20. The van der Waals surface area contributed by atoms with Crippen molar-refractivity contribution in [2.75, 3.05) is 12.9 Å². The van der Waals surface area contributed by atoms with Crippen LogP contribution in [0.3, 0.4) is 0 Å². The van der Waals surface area contributed by atoms with Crippen LogP contribution in [0, 0.1) is 0 Å². The van der Waals surface area contributed by atoms with E-state index in [1.165, 1.54) is 11.8 Å². The second-order valence-corrected chi connectivity index (χ2v) is 8.03. The maximum Gasteiger partial charge on any atom is 0.278 e. The van der Waals surface area contributed by atoms with Crippen molar-refractivity contribution in [3.63, 3.8) is 0 Å². The Morgan fingerprint density at radius 3 is 2.50 bits per heavy atom. The molecule has 30 heavy (non-hydrogen) atoms. The van der Waals surface area contributed by atoms with Gasteiger partial charge in [-0.05, 0) is 43.2 Å². The van der Waals surface area contributed by atoms with E-state index in [0.717, 1.165) is 16.9 Å². The van der Waals surface area contributed by atoms with Gasteiger partial charge in [0.1, 0.15) is 11.4 Å². The smallest absolute Gasteiger partial charge is 0.278 e. The van der Waals surface area contributed by atoms with Gasteiger partial charge in [-0.15, -0.1) is 0 Å². The molecule has 0 spiro atoms. The third-order valence-corrected chi connectivity index (χ3v) is 5.27. The van der Waals surface area contributed by atoms with E-state index in [4.69, 9.17) is 4.74 Å². The van der Waals surface area contributed by atoms with E-state index < -0.39 is 0 Å². The molecule has 2 amide bonds. The topological polar surface area (TPSA) is 71.0 Å². The molecule has 7 heteroatoms. The number of methoxy groups -OCH3 is 1. The number of nitrogens with zero attached hydrogens (tertiary/aromatic N) is 2. The number of amides is 2. The van der Waals surface area contributed by atoms with Crippen LogP contribution in [0.25, 0.3) is 6.08 Å². The number of carbonyl (C=O) groups is 2. The van der Waals surface area contributed by atoms with Crippen molar-refractivity contribution in [1.29, 1.82) is 0 Å². The van der Waals surface area contributed by atoms with Crippen molar-refractivity contribution in [3.05, 3.63) is 71.4 Å². The second kappa shape index (κ2) is 10.1. The lowest BCUT2D eigenvalue weighted by Gasteiger charge is -2.18. The first-order valence-corrected chi connectivity index (χ1v) is 10.7. The molecule has 1 aliphatic rings. The Hall–Kier alpha value is -3.06.